The molecule has 0 saturated carbocycles. The first-order chi connectivity index (χ1) is 10.5. The van der Waals surface area contributed by atoms with Crippen LogP contribution in [0, 0.1) is 12.7 Å². The first-order valence-electron chi connectivity index (χ1n) is 6.36. The highest BCUT2D eigenvalue weighted by Gasteiger charge is 2.22. The van der Waals surface area contributed by atoms with Crippen LogP contribution < -0.4 is 10.6 Å². The standard InChI is InChI=1S/C14H13Cl2FN4O/c1-8-3-4-9(7-10(8)17)11(12(15)16)20-14(22)21-13-18-5-2-6-19-13/h2-7,11-12H,1H3,(H2,18,19,20,21,22)/t11-/m1/s1. The Hall–Kier alpha value is -1.92. The van der Waals surface area contributed by atoms with Gasteiger partial charge in [0.25, 0.3) is 0 Å². The van der Waals surface area contributed by atoms with Crippen molar-refractivity contribution in [1.82, 2.24) is 15.3 Å². The fourth-order valence-electron chi connectivity index (χ4n) is 1.74. The minimum Gasteiger partial charge on any atom is -0.328 e. The molecule has 0 unspecified atom stereocenters. The van der Waals surface area contributed by atoms with E-state index in [0.29, 0.717) is 11.1 Å². The molecule has 0 spiro atoms. The van der Waals surface area contributed by atoms with Crippen molar-refractivity contribution in [3.63, 3.8) is 0 Å². The largest absolute Gasteiger partial charge is 0.328 e. The Balaban J connectivity index is 2.11. The number of halogens is 3. The third kappa shape index (κ3) is 4.29. The molecule has 5 nitrogen and oxygen atoms in total. The van der Waals surface area contributed by atoms with Crippen molar-refractivity contribution in [2.45, 2.75) is 17.8 Å². The average Bonchev–Trinajstić information content (AvgIpc) is 2.48. The van der Waals surface area contributed by atoms with E-state index in [9.17, 15) is 9.18 Å². The number of benzene rings is 1. The summed E-state index contributed by atoms with van der Waals surface area (Å²) < 4.78 is 13.7. The lowest BCUT2D eigenvalue weighted by molar-refractivity contribution is 0.249. The van der Waals surface area contributed by atoms with Gasteiger partial charge in [-0.25, -0.2) is 19.2 Å². The number of anilines is 1. The first-order valence-corrected chi connectivity index (χ1v) is 7.23. The van der Waals surface area contributed by atoms with Gasteiger partial charge in [0.1, 0.15) is 10.7 Å². The van der Waals surface area contributed by atoms with Crippen LogP contribution in [0.2, 0.25) is 0 Å². The topological polar surface area (TPSA) is 66.9 Å². The molecule has 2 aromatic rings. The second-order valence-corrected chi connectivity index (χ2v) is 5.66. The van der Waals surface area contributed by atoms with Crippen molar-refractivity contribution in [3.8, 4) is 0 Å². The lowest BCUT2D eigenvalue weighted by Gasteiger charge is -2.20. The number of urea groups is 1. The average molecular weight is 343 g/mol. The predicted molar refractivity (Wildman–Crippen MR) is 83.6 cm³/mol. The van der Waals surface area contributed by atoms with Gasteiger partial charge < -0.3 is 5.32 Å². The number of aryl methyl sites for hydroxylation is 1. The van der Waals surface area contributed by atoms with E-state index in [0.717, 1.165) is 0 Å². The highest BCUT2D eigenvalue weighted by molar-refractivity contribution is 6.44. The maximum atomic E-state index is 13.7. The van der Waals surface area contributed by atoms with Gasteiger partial charge in [0.05, 0.1) is 6.04 Å². The Morgan fingerprint density at radius 3 is 2.55 bits per heavy atom. The summed E-state index contributed by atoms with van der Waals surface area (Å²) >= 11 is 11.8. The Morgan fingerprint density at radius 1 is 1.27 bits per heavy atom. The van der Waals surface area contributed by atoms with Crippen molar-refractivity contribution >= 4 is 35.2 Å². The molecule has 2 N–H and O–H groups in total. The minimum absolute atomic E-state index is 0.134. The van der Waals surface area contributed by atoms with Crippen LogP contribution in [0.3, 0.4) is 0 Å². The summed E-state index contributed by atoms with van der Waals surface area (Å²) in [7, 11) is 0. The van der Waals surface area contributed by atoms with Crippen molar-refractivity contribution in [1.29, 1.82) is 0 Å². The third-order valence-corrected chi connectivity index (χ3v) is 3.39. The predicted octanol–water partition coefficient (Wildman–Crippen LogP) is 3.59. The lowest BCUT2D eigenvalue weighted by atomic mass is 10.1. The third-order valence-electron chi connectivity index (χ3n) is 2.88. The van der Waals surface area contributed by atoms with Gasteiger partial charge in [-0.05, 0) is 30.2 Å². The number of amides is 2. The molecule has 1 aromatic heterocycles. The molecule has 0 aliphatic carbocycles. The monoisotopic (exact) mass is 342 g/mol. The Labute approximate surface area is 136 Å². The van der Waals surface area contributed by atoms with Gasteiger partial charge in [0, 0.05) is 12.4 Å². The highest BCUT2D eigenvalue weighted by atomic mass is 35.5. The molecule has 116 valence electrons. The van der Waals surface area contributed by atoms with Crippen LogP contribution >= 0.6 is 23.2 Å². The SMILES string of the molecule is Cc1ccc([C@@H](NC(=O)Nc2ncccn2)C(Cl)Cl)cc1F. The number of carbonyl (C=O) groups excluding carboxylic acids is 1. The van der Waals surface area contributed by atoms with E-state index in [1.165, 1.54) is 18.5 Å². The van der Waals surface area contributed by atoms with Crippen molar-refractivity contribution < 1.29 is 9.18 Å². The van der Waals surface area contributed by atoms with E-state index in [1.807, 2.05) is 0 Å². The maximum absolute atomic E-state index is 13.7. The van der Waals surface area contributed by atoms with Gasteiger partial charge in [-0.3, -0.25) is 5.32 Å². The molecule has 22 heavy (non-hydrogen) atoms. The zero-order chi connectivity index (χ0) is 16.1. The molecule has 1 aromatic carbocycles. The summed E-state index contributed by atoms with van der Waals surface area (Å²) in [6.45, 7) is 1.64. The molecule has 2 rings (SSSR count). The molecule has 2 amide bonds. The van der Waals surface area contributed by atoms with E-state index < -0.39 is 22.7 Å². The van der Waals surface area contributed by atoms with Crippen molar-refractivity contribution in [3.05, 3.63) is 53.6 Å². The maximum Gasteiger partial charge on any atom is 0.322 e. The second kappa shape index (κ2) is 7.38. The second-order valence-electron chi connectivity index (χ2n) is 4.49. The smallest absolute Gasteiger partial charge is 0.322 e. The molecule has 1 heterocycles. The Bertz CT molecular complexity index is 655. The van der Waals surface area contributed by atoms with Gasteiger partial charge in [0.2, 0.25) is 5.95 Å². The van der Waals surface area contributed by atoms with Crippen molar-refractivity contribution in [2.24, 2.45) is 0 Å². The molecular formula is C14H13Cl2FN4O. The number of alkyl halides is 2. The molecular weight excluding hydrogens is 330 g/mol. The van der Waals surface area contributed by atoms with Crippen molar-refractivity contribution in [2.75, 3.05) is 5.32 Å². The fourth-order valence-corrected chi connectivity index (χ4v) is 2.15. The van der Waals surface area contributed by atoms with Gasteiger partial charge in [-0.1, -0.05) is 12.1 Å². The van der Waals surface area contributed by atoms with E-state index in [-0.39, 0.29) is 5.95 Å². The molecule has 0 saturated heterocycles. The number of hydrogen-bond donors (Lipinski definition) is 2. The number of nitrogens with one attached hydrogen (secondary N) is 2. The zero-order valence-corrected chi connectivity index (χ0v) is 13.1. The first kappa shape index (κ1) is 16.5. The summed E-state index contributed by atoms with van der Waals surface area (Å²) in [5.41, 5.74) is 0.951. The molecule has 0 aliphatic heterocycles. The molecule has 0 bridgehead atoms. The van der Waals surface area contributed by atoms with E-state index >= 15 is 0 Å². The fraction of sp³-hybridized carbons (Fsp3) is 0.214. The van der Waals surface area contributed by atoms with Crippen LogP contribution in [0.4, 0.5) is 15.1 Å². The molecule has 0 fully saturated rings. The summed E-state index contributed by atoms with van der Waals surface area (Å²) in [5, 5.41) is 5.01. The van der Waals surface area contributed by atoms with E-state index in [1.54, 1.807) is 25.1 Å². The van der Waals surface area contributed by atoms with Crippen LogP contribution in [0.5, 0.6) is 0 Å². The summed E-state index contributed by atoms with van der Waals surface area (Å²) in [5.74, 6) is -0.264. The van der Waals surface area contributed by atoms with Crippen LogP contribution in [0.1, 0.15) is 17.2 Å². The van der Waals surface area contributed by atoms with E-state index in [4.69, 9.17) is 23.2 Å². The van der Waals surface area contributed by atoms with Crippen LogP contribution in [-0.2, 0) is 0 Å². The Morgan fingerprint density at radius 2 is 1.95 bits per heavy atom. The van der Waals surface area contributed by atoms with Gasteiger partial charge in [-0.15, -0.1) is 23.2 Å². The lowest BCUT2D eigenvalue weighted by Crippen LogP contribution is -2.36. The molecule has 0 radical (unpaired) electrons. The summed E-state index contributed by atoms with van der Waals surface area (Å²) in [6, 6.07) is 4.78. The number of hydrogen-bond acceptors (Lipinski definition) is 3. The minimum atomic E-state index is -0.954. The van der Waals surface area contributed by atoms with Gasteiger partial charge in [0.15, 0.2) is 0 Å². The zero-order valence-electron chi connectivity index (χ0n) is 11.6. The van der Waals surface area contributed by atoms with Gasteiger partial charge >= 0.3 is 6.03 Å². The number of nitrogens with zero attached hydrogens (tertiary/aromatic N) is 2. The highest BCUT2D eigenvalue weighted by Crippen LogP contribution is 2.25. The Kier molecular flexibility index (Phi) is 5.51. The van der Waals surface area contributed by atoms with Crippen LogP contribution in [0.25, 0.3) is 0 Å². The normalized spacial score (nSPS) is 12.0. The molecule has 1 atom stereocenters. The summed E-state index contributed by atoms with van der Waals surface area (Å²) in [4.78, 5) is 18.7. The molecule has 0 aliphatic rings. The van der Waals surface area contributed by atoms with Crippen LogP contribution in [-0.4, -0.2) is 20.8 Å². The molecule has 8 heteroatoms. The number of aromatic nitrogens is 2. The van der Waals surface area contributed by atoms with Gasteiger partial charge in [-0.2, -0.15) is 0 Å². The quantitative estimate of drug-likeness (QED) is 0.834. The number of carbonyl (C=O) groups is 1. The summed E-state index contributed by atoms with van der Waals surface area (Å²) in [6.07, 6.45) is 2.97. The van der Waals surface area contributed by atoms with E-state index in [2.05, 4.69) is 20.6 Å². The van der Waals surface area contributed by atoms with Crippen LogP contribution in [0.15, 0.2) is 36.7 Å². The number of rotatable bonds is 4.